The predicted molar refractivity (Wildman–Crippen MR) is 115 cm³/mol. The molecule has 0 spiro atoms. The molecule has 2 N–H and O–H groups in total. The minimum atomic E-state index is -3.45. The molecule has 1 saturated heterocycles. The molecule has 1 fully saturated rings. The Bertz CT molecular complexity index is 1090. The fourth-order valence-electron chi connectivity index (χ4n) is 3.75. The van der Waals surface area contributed by atoms with Crippen LogP contribution in [0.3, 0.4) is 0 Å². The van der Waals surface area contributed by atoms with Crippen molar-refractivity contribution in [2.24, 2.45) is 0 Å². The molecule has 0 radical (unpaired) electrons. The molecule has 172 valence electrons. The molecule has 2 atom stereocenters. The predicted octanol–water partition coefficient (Wildman–Crippen LogP) is 3.33. The second-order valence-corrected chi connectivity index (χ2v) is 7.67. The lowest BCUT2D eigenvalue weighted by Gasteiger charge is -2.22. The number of alkyl halides is 2. The number of carbonyl (C=O) groups is 1. The number of aromatic amines is 1. The molecule has 2 unspecified atom stereocenters. The number of hydrogen-bond acceptors (Lipinski definition) is 6. The summed E-state index contributed by atoms with van der Waals surface area (Å²) < 4.78 is 34.1. The van der Waals surface area contributed by atoms with Crippen molar-refractivity contribution in [2.75, 3.05) is 13.2 Å². The van der Waals surface area contributed by atoms with Crippen molar-refractivity contribution in [2.45, 2.75) is 30.9 Å². The minimum absolute atomic E-state index is 0.0410. The first kappa shape index (κ1) is 22.5. The Morgan fingerprint density at radius 3 is 2.73 bits per heavy atom. The molecular formula is C23H23F2N5O3. The van der Waals surface area contributed by atoms with Gasteiger partial charge in [-0.25, -0.2) is 9.89 Å². The quantitative estimate of drug-likeness (QED) is 0.480. The number of aliphatic hydroxyl groups excluding tert-OH is 1. The first-order valence-electron chi connectivity index (χ1n) is 10.5. The van der Waals surface area contributed by atoms with Crippen LogP contribution in [0, 0.1) is 0 Å². The largest absolute Gasteiger partial charge is 0.447 e. The number of carbonyl (C=O) groups excluding carboxylic acids is 1. The van der Waals surface area contributed by atoms with Gasteiger partial charge in [-0.1, -0.05) is 66.7 Å². The van der Waals surface area contributed by atoms with E-state index in [1.165, 1.54) is 35.2 Å². The van der Waals surface area contributed by atoms with E-state index in [0.717, 1.165) is 17.2 Å². The lowest BCUT2D eigenvalue weighted by atomic mass is 10.0. The maximum Gasteiger partial charge on any atom is 0.410 e. The number of aryl methyl sites for hydroxylation is 1. The maximum atomic E-state index is 14.5. The fraction of sp³-hybridized carbons (Fsp3) is 0.304. The van der Waals surface area contributed by atoms with E-state index in [0.29, 0.717) is 25.2 Å². The number of nitrogens with one attached hydrogen (secondary N) is 1. The van der Waals surface area contributed by atoms with E-state index in [-0.39, 0.29) is 12.2 Å². The highest BCUT2D eigenvalue weighted by atomic mass is 19.3. The number of aliphatic hydroxyl groups is 1. The molecule has 0 aliphatic carbocycles. The van der Waals surface area contributed by atoms with Gasteiger partial charge >= 0.3 is 12.0 Å². The molecule has 2 heterocycles. The fourth-order valence-corrected chi connectivity index (χ4v) is 3.75. The van der Waals surface area contributed by atoms with Gasteiger partial charge in [0.05, 0.1) is 6.04 Å². The summed E-state index contributed by atoms with van der Waals surface area (Å²) in [5.41, 5.74) is 1.60. The molecule has 2 aromatic carbocycles. The molecule has 4 rings (SSSR count). The molecule has 1 aromatic heterocycles. The standard InChI is InChI=1S/C23H23F2N5O3/c24-23(25,17-9-2-1-3-10-17)20(31)13-12-18-15-33-22(32)30(18)14-6-8-16-7-4-5-11-19(16)21-26-28-29-27-21/h1-5,7,9-13,18,20,31H,6,8,14-15H2,(H,26,27,28,29). The topological polar surface area (TPSA) is 104 Å². The second kappa shape index (κ2) is 9.86. The number of ether oxygens (including phenoxy) is 1. The normalized spacial score (nSPS) is 17.5. The van der Waals surface area contributed by atoms with Crippen molar-refractivity contribution in [3.63, 3.8) is 0 Å². The van der Waals surface area contributed by atoms with Crippen molar-refractivity contribution >= 4 is 6.09 Å². The monoisotopic (exact) mass is 455 g/mol. The van der Waals surface area contributed by atoms with Crippen LogP contribution in [-0.4, -0.2) is 62.0 Å². The zero-order valence-electron chi connectivity index (χ0n) is 17.6. The summed E-state index contributed by atoms with van der Waals surface area (Å²) in [4.78, 5) is 13.6. The summed E-state index contributed by atoms with van der Waals surface area (Å²) in [6.45, 7) is 0.404. The Labute approximate surface area is 188 Å². The van der Waals surface area contributed by atoms with Crippen LogP contribution >= 0.6 is 0 Å². The van der Waals surface area contributed by atoms with Gasteiger partial charge in [0, 0.05) is 17.7 Å². The number of nitrogens with zero attached hydrogens (tertiary/aromatic N) is 4. The van der Waals surface area contributed by atoms with Crippen LogP contribution in [0.1, 0.15) is 17.5 Å². The number of H-pyrrole nitrogens is 1. The van der Waals surface area contributed by atoms with Gasteiger partial charge in [-0.15, -0.1) is 5.10 Å². The summed E-state index contributed by atoms with van der Waals surface area (Å²) in [6.07, 6.45) is 1.15. The first-order valence-corrected chi connectivity index (χ1v) is 10.5. The Morgan fingerprint density at radius 1 is 1.21 bits per heavy atom. The van der Waals surface area contributed by atoms with Gasteiger partial charge in [-0.05, 0) is 28.8 Å². The molecule has 1 aliphatic heterocycles. The minimum Gasteiger partial charge on any atom is -0.447 e. The van der Waals surface area contributed by atoms with Crippen molar-refractivity contribution in [1.82, 2.24) is 25.5 Å². The van der Waals surface area contributed by atoms with Crippen LogP contribution < -0.4 is 0 Å². The highest BCUT2D eigenvalue weighted by Gasteiger charge is 2.39. The highest BCUT2D eigenvalue weighted by Crippen LogP contribution is 2.32. The van der Waals surface area contributed by atoms with E-state index in [1.807, 2.05) is 24.3 Å². The molecule has 0 bridgehead atoms. The number of amides is 1. The van der Waals surface area contributed by atoms with E-state index in [1.54, 1.807) is 6.07 Å². The number of tetrazole rings is 1. The second-order valence-electron chi connectivity index (χ2n) is 7.67. The molecule has 33 heavy (non-hydrogen) atoms. The first-order chi connectivity index (χ1) is 16.0. The smallest absolute Gasteiger partial charge is 0.410 e. The van der Waals surface area contributed by atoms with Crippen LogP contribution in [-0.2, 0) is 17.1 Å². The Kier molecular flexibility index (Phi) is 6.74. The maximum absolute atomic E-state index is 14.5. The Balaban J connectivity index is 1.38. The van der Waals surface area contributed by atoms with E-state index in [2.05, 4.69) is 20.6 Å². The number of benzene rings is 2. The zero-order chi connectivity index (χ0) is 23.3. The SMILES string of the molecule is O=C1OCC(C=CC(O)C(F)(F)c2ccccc2)N1CCCc1ccccc1-c1nnn[nH]1. The van der Waals surface area contributed by atoms with E-state index >= 15 is 0 Å². The summed E-state index contributed by atoms with van der Waals surface area (Å²) >= 11 is 0. The third kappa shape index (κ3) is 5.06. The number of aromatic nitrogens is 4. The molecule has 3 aromatic rings. The molecule has 1 amide bonds. The number of rotatable bonds is 9. The van der Waals surface area contributed by atoms with E-state index < -0.39 is 24.2 Å². The summed E-state index contributed by atoms with van der Waals surface area (Å²) in [6, 6.07) is 14.2. The van der Waals surface area contributed by atoms with Crippen LogP contribution in [0.5, 0.6) is 0 Å². The Morgan fingerprint density at radius 2 is 1.97 bits per heavy atom. The number of halogens is 2. The van der Waals surface area contributed by atoms with Gasteiger partial charge in [0.1, 0.15) is 12.7 Å². The molecule has 1 aliphatic rings. The van der Waals surface area contributed by atoms with E-state index in [9.17, 15) is 18.7 Å². The van der Waals surface area contributed by atoms with Gasteiger partial charge in [-0.2, -0.15) is 8.78 Å². The van der Waals surface area contributed by atoms with Crippen LogP contribution in [0.15, 0.2) is 66.7 Å². The van der Waals surface area contributed by atoms with Gasteiger partial charge in [0.2, 0.25) is 0 Å². The van der Waals surface area contributed by atoms with Crippen LogP contribution in [0.4, 0.5) is 13.6 Å². The summed E-state index contributed by atoms with van der Waals surface area (Å²) in [5, 5.41) is 24.0. The molecule has 8 nitrogen and oxygen atoms in total. The third-order valence-corrected chi connectivity index (χ3v) is 5.52. The number of hydrogen-bond donors (Lipinski definition) is 2. The lowest BCUT2D eigenvalue weighted by molar-refractivity contribution is -0.0929. The van der Waals surface area contributed by atoms with Gasteiger partial charge in [0.15, 0.2) is 5.82 Å². The lowest BCUT2D eigenvalue weighted by Crippen LogP contribution is -2.34. The van der Waals surface area contributed by atoms with E-state index in [4.69, 9.17) is 4.74 Å². The summed E-state index contributed by atoms with van der Waals surface area (Å²) in [5.74, 6) is -2.90. The molecule has 0 saturated carbocycles. The third-order valence-electron chi connectivity index (χ3n) is 5.52. The molecule has 10 heteroatoms. The van der Waals surface area contributed by atoms with Crippen molar-refractivity contribution in [1.29, 1.82) is 0 Å². The van der Waals surface area contributed by atoms with Crippen molar-refractivity contribution in [3.8, 4) is 11.4 Å². The highest BCUT2D eigenvalue weighted by molar-refractivity contribution is 5.70. The van der Waals surface area contributed by atoms with Crippen LogP contribution in [0.25, 0.3) is 11.4 Å². The van der Waals surface area contributed by atoms with Crippen LogP contribution in [0.2, 0.25) is 0 Å². The average molecular weight is 455 g/mol. The van der Waals surface area contributed by atoms with Gasteiger partial charge < -0.3 is 9.84 Å². The van der Waals surface area contributed by atoms with Gasteiger partial charge in [0.25, 0.3) is 0 Å². The zero-order valence-corrected chi connectivity index (χ0v) is 17.6. The molecular weight excluding hydrogens is 432 g/mol. The summed E-state index contributed by atoms with van der Waals surface area (Å²) in [7, 11) is 0. The van der Waals surface area contributed by atoms with Crippen molar-refractivity contribution in [3.05, 3.63) is 77.9 Å². The van der Waals surface area contributed by atoms with Crippen molar-refractivity contribution < 1.29 is 23.4 Å². The average Bonchev–Trinajstić information content (AvgIpc) is 3.49. The van der Waals surface area contributed by atoms with Gasteiger partial charge in [-0.3, -0.25) is 4.90 Å². The number of cyclic esters (lactones) is 1. The Hall–Kier alpha value is -3.66.